The van der Waals surface area contributed by atoms with Gasteiger partial charge in [-0.2, -0.15) is 0 Å². The summed E-state index contributed by atoms with van der Waals surface area (Å²) in [4.78, 5) is 14.3. The number of nitrogens with one attached hydrogen (secondary N) is 2. The summed E-state index contributed by atoms with van der Waals surface area (Å²) in [7, 11) is 0. The van der Waals surface area contributed by atoms with Gasteiger partial charge in [-0.15, -0.1) is 0 Å². The molecule has 24 heavy (non-hydrogen) atoms. The first-order chi connectivity index (χ1) is 11.6. The number of carbonyl (C=O) groups excluding carboxylic acids is 1. The molecule has 1 saturated heterocycles. The second-order valence-corrected chi connectivity index (χ2v) is 8.12. The fraction of sp³-hybridized carbons (Fsp3) is 0.667. The Hall–Kier alpha value is -1.35. The van der Waals surface area contributed by atoms with E-state index in [1.165, 1.54) is 61.1 Å². The highest BCUT2D eigenvalue weighted by atomic mass is 16.2. The number of anilines is 1. The number of hydrogen-bond donors (Lipinski definition) is 2. The Bertz CT molecular complexity index is 579. The standard InChI is InChI=1S/C21H32N2O/c1-15(2)18-11-6-8-16(3)21(18)22-20(24)14-23-13-7-10-17-9-4-5-12-19(17)23/h6,8,11,15,17,19H,4-5,7,9-10,12-14H2,1-3H3,(H,22,24)/p+1/t17-,19+/m1/s1. The topological polar surface area (TPSA) is 33.5 Å². The van der Waals surface area contributed by atoms with Gasteiger partial charge in [-0.25, -0.2) is 0 Å². The van der Waals surface area contributed by atoms with Crippen LogP contribution in [0.1, 0.15) is 69.4 Å². The third-order valence-electron chi connectivity index (χ3n) is 6.09. The molecule has 0 radical (unpaired) electrons. The summed E-state index contributed by atoms with van der Waals surface area (Å²) in [5.41, 5.74) is 3.44. The van der Waals surface area contributed by atoms with E-state index in [1.54, 1.807) is 0 Å². The van der Waals surface area contributed by atoms with Gasteiger partial charge in [0.25, 0.3) is 5.91 Å². The molecule has 3 heteroatoms. The number of hydrogen-bond acceptors (Lipinski definition) is 1. The zero-order valence-electron chi connectivity index (χ0n) is 15.5. The van der Waals surface area contributed by atoms with E-state index in [9.17, 15) is 4.79 Å². The minimum Gasteiger partial charge on any atom is -0.324 e. The van der Waals surface area contributed by atoms with Crippen molar-refractivity contribution in [1.82, 2.24) is 0 Å². The summed E-state index contributed by atoms with van der Waals surface area (Å²) in [5, 5.41) is 3.24. The molecule has 1 aliphatic heterocycles. The third-order valence-corrected chi connectivity index (χ3v) is 6.09. The van der Waals surface area contributed by atoms with Crippen molar-refractivity contribution in [2.75, 3.05) is 18.4 Å². The van der Waals surface area contributed by atoms with Crippen LogP contribution in [0.4, 0.5) is 5.69 Å². The Morgan fingerprint density at radius 2 is 1.96 bits per heavy atom. The fourth-order valence-electron chi connectivity index (χ4n) is 4.82. The van der Waals surface area contributed by atoms with E-state index >= 15 is 0 Å². The SMILES string of the molecule is Cc1cccc(C(C)C)c1NC(=O)C[NH+]1CCC[C@H]2CCCC[C@@H]21. The zero-order valence-corrected chi connectivity index (χ0v) is 15.5. The minimum atomic E-state index is 0.187. The van der Waals surface area contributed by atoms with Gasteiger partial charge in [0.1, 0.15) is 0 Å². The lowest BCUT2D eigenvalue weighted by atomic mass is 9.78. The quantitative estimate of drug-likeness (QED) is 0.873. The van der Waals surface area contributed by atoms with Crippen LogP contribution in [0.5, 0.6) is 0 Å². The van der Waals surface area contributed by atoms with Crippen LogP contribution in [0.15, 0.2) is 18.2 Å². The lowest BCUT2D eigenvalue weighted by Gasteiger charge is -2.40. The number of likely N-dealkylation sites (tertiary alicyclic amines) is 1. The van der Waals surface area contributed by atoms with Crippen LogP contribution in [0.3, 0.4) is 0 Å². The largest absolute Gasteiger partial charge is 0.324 e. The van der Waals surface area contributed by atoms with Crippen molar-refractivity contribution in [2.45, 2.75) is 71.3 Å². The normalized spacial score (nSPS) is 26.9. The van der Waals surface area contributed by atoms with Crippen molar-refractivity contribution >= 4 is 11.6 Å². The molecule has 1 aromatic rings. The van der Waals surface area contributed by atoms with Crippen LogP contribution in [-0.2, 0) is 4.79 Å². The molecule has 0 bridgehead atoms. The molecule has 0 aromatic heterocycles. The summed E-state index contributed by atoms with van der Waals surface area (Å²) in [6, 6.07) is 7.03. The maximum atomic E-state index is 12.8. The molecular formula is C21H33N2O+. The summed E-state index contributed by atoms with van der Waals surface area (Å²) in [6.45, 7) is 8.26. The second kappa shape index (κ2) is 7.69. The van der Waals surface area contributed by atoms with Gasteiger partial charge in [-0.3, -0.25) is 4.79 Å². The first-order valence-corrected chi connectivity index (χ1v) is 9.80. The van der Waals surface area contributed by atoms with E-state index in [-0.39, 0.29) is 5.91 Å². The molecule has 1 aliphatic carbocycles. The van der Waals surface area contributed by atoms with Crippen LogP contribution in [-0.4, -0.2) is 25.0 Å². The number of amides is 1. The third kappa shape index (κ3) is 3.83. The highest BCUT2D eigenvalue weighted by Gasteiger charge is 2.37. The fourth-order valence-corrected chi connectivity index (χ4v) is 4.82. The number of aryl methyl sites for hydroxylation is 1. The molecule has 1 unspecified atom stereocenters. The first-order valence-electron chi connectivity index (χ1n) is 9.80. The van der Waals surface area contributed by atoms with Crippen molar-refractivity contribution < 1.29 is 9.69 Å². The van der Waals surface area contributed by atoms with Gasteiger partial charge in [0.15, 0.2) is 6.54 Å². The number of quaternary nitrogens is 1. The average molecular weight is 330 g/mol. The molecule has 1 saturated carbocycles. The highest BCUT2D eigenvalue weighted by Crippen LogP contribution is 2.29. The smallest absolute Gasteiger partial charge is 0.279 e. The number of benzene rings is 1. The predicted octanol–water partition coefficient (Wildman–Crippen LogP) is 3.29. The van der Waals surface area contributed by atoms with E-state index < -0.39 is 0 Å². The first kappa shape index (κ1) is 17.5. The molecular weight excluding hydrogens is 296 g/mol. The molecule has 1 amide bonds. The van der Waals surface area contributed by atoms with E-state index in [2.05, 4.69) is 44.3 Å². The molecule has 2 N–H and O–H groups in total. The maximum Gasteiger partial charge on any atom is 0.279 e. The molecule has 2 aliphatic rings. The van der Waals surface area contributed by atoms with Gasteiger partial charge >= 0.3 is 0 Å². The Morgan fingerprint density at radius 3 is 2.75 bits per heavy atom. The van der Waals surface area contributed by atoms with Crippen LogP contribution < -0.4 is 10.2 Å². The van der Waals surface area contributed by atoms with Gasteiger partial charge in [-0.1, -0.05) is 38.5 Å². The molecule has 132 valence electrons. The maximum absolute atomic E-state index is 12.8. The molecule has 2 fully saturated rings. The van der Waals surface area contributed by atoms with Crippen molar-refractivity contribution in [3.8, 4) is 0 Å². The number of para-hydroxylation sites is 1. The average Bonchev–Trinajstić information content (AvgIpc) is 2.57. The summed E-state index contributed by atoms with van der Waals surface area (Å²) in [5.74, 6) is 1.47. The Kier molecular flexibility index (Phi) is 5.60. The van der Waals surface area contributed by atoms with Gasteiger partial charge in [-0.05, 0) is 56.1 Å². The molecule has 3 atom stereocenters. The number of carbonyl (C=O) groups is 1. The summed E-state index contributed by atoms with van der Waals surface area (Å²) < 4.78 is 0. The van der Waals surface area contributed by atoms with Crippen LogP contribution in [0.25, 0.3) is 0 Å². The number of piperidine rings is 1. The molecule has 1 aromatic carbocycles. The highest BCUT2D eigenvalue weighted by molar-refractivity contribution is 5.93. The van der Waals surface area contributed by atoms with Crippen molar-refractivity contribution in [2.24, 2.45) is 5.92 Å². The van der Waals surface area contributed by atoms with Gasteiger partial charge in [0.05, 0.1) is 12.6 Å². The molecule has 3 nitrogen and oxygen atoms in total. The van der Waals surface area contributed by atoms with Crippen molar-refractivity contribution in [3.05, 3.63) is 29.3 Å². The van der Waals surface area contributed by atoms with E-state index in [0.717, 1.165) is 17.6 Å². The number of fused-ring (bicyclic) bond motifs is 1. The Labute approximate surface area is 146 Å². The van der Waals surface area contributed by atoms with Gasteiger partial charge in [0, 0.05) is 11.6 Å². The minimum absolute atomic E-state index is 0.187. The van der Waals surface area contributed by atoms with Gasteiger partial charge in [0.2, 0.25) is 0 Å². The number of rotatable bonds is 4. The summed E-state index contributed by atoms with van der Waals surface area (Å²) in [6.07, 6.45) is 8.10. The Balaban J connectivity index is 1.67. The Morgan fingerprint density at radius 1 is 1.21 bits per heavy atom. The van der Waals surface area contributed by atoms with E-state index in [4.69, 9.17) is 0 Å². The molecule has 1 heterocycles. The van der Waals surface area contributed by atoms with Gasteiger partial charge < -0.3 is 10.2 Å². The van der Waals surface area contributed by atoms with E-state index in [1.807, 2.05) is 0 Å². The molecule has 3 rings (SSSR count). The lowest BCUT2D eigenvalue weighted by molar-refractivity contribution is -0.928. The summed E-state index contributed by atoms with van der Waals surface area (Å²) >= 11 is 0. The predicted molar refractivity (Wildman–Crippen MR) is 99.6 cm³/mol. The zero-order chi connectivity index (χ0) is 17.1. The van der Waals surface area contributed by atoms with Crippen LogP contribution in [0.2, 0.25) is 0 Å². The van der Waals surface area contributed by atoms with Crippen LogP contribution >= 0.6 is 0 Å². The van der Waals surface area contributed by atoms with E-state index in [0.29, 0.717) is 12.5 Å². The van der Waals surface area contributed by atoms with Crippen molar-refractivity contribution in [3.63, 3.8) is 0 Å². The lowest BCUT2D eigenvalue weighted by Crippen LogP contribution is -3.18. The molecule has 0 spiro atoms. The monoisotopic (exact) mass is 329 g/mol. The van der Waals surface area contributed by atoms with Crippen LogP contribution in [0, 0.1) is 12.8 Å². The van der Waals surface area contributed by atoms with Crippen molar-refractivity contribution in [1.29, 1.82) is 0 Å². The second-order valence-electron chi connectivity index (χ2n) is 8.12.